The summed E-state index contributed by atoms with van der Waals surface area (Å²) in [4.78, 5) is 6.75. The van der Waals surface area contributed by atoms with Crippen LogP contribution in [0.25, 0.3) is 11.5 Å². The van der Waals surface area contributed by atoms with E-state index in [1.54, 1.807) is 6.20 Å². The molecule has 4 rings (SSSR count). The van der Waals surface area contributed by atoms with Crippen molar-refractivity contribution in [1.29, 1.82) is 0 Å². The van der Waals surface area contributed by atoms with Crippen LogP contribution in [-0.2, 0) is 0 Å². The molecule has 0 bridgehead atoms. The van der Waals surface area contributed by atoms with Crippen LogP contribution in [0.1, 0.15) is 12.8 Å². The topological polar surface area (TPSA) is 98.4 Å². The highest BCUT2D eigenvalue weighted by Gasteiger charge is 2.35. The molecule has 19 heavy (non-hydrogen) atoms. The number of H-pyrrole nitrogens is 2. The average molecular weight is 260 g/mol. The van der Waals surface area contributed by atoms with Gasteiger partial charge in [0, 0.05) is 19.1 Å². The van der Waals surface area contributed by atoms with Crippen LogP contribution in [0.15, 0.2) is 6.20 Å². The fourth-order valence-electron chi connectivity index (χ4n) is 3.03. The second-order valence-corrected chi connectivity index (χ2v) is 5.21. The van der Waals surface area contributed by atoms with Crippen LogP contribution < -0.4 is 10.2 Å². The van der Waals surface area contributed by atoms with Crippen molar-refractivity contribution in [2.24, 2.45) is 5.92 Å². The van der Waals surface area contributed by atoms with E-state index in [0.717, 1.165) is 31.5 Å². The molecule has 0 aliphatic carbocycles. The van der Waals surface area contributed by atoms with Gasteiger partial charge in [0.25, 0.3) is 0 Å². The molecule has 3 N–H and O–H groups in total. The summed E-state index contributed by atoms with van der Waals surface area (Å²) in [6.07, 6.45) is 4.21. The maximum atomic E-state index is 4.50. The van der Waals surface area contributed by atoms with E-state index in [-0.39, 0.29) is 0 Å². The molecule has 8 heteroatoms. The van der Waals surface area contributed by atoms with E-state index < -0.39 is 0 Å². The third-order valence-electron chi connectivity index (χ3n) is 4.01. The molecular weight excluding hydrogens is 244 g/mol. The Morgan fingerprint density at radius 1 is 1.26 bits per heavy atom. The number of nitrogens with one attached hydrogen (secondary N) is 3. The molecule has 100 valence electrons. The van der Waals surface area contributed by atoms with Crippen molar-refractivity contribution in [3.05, 3.63) is 6.20 Å². The van der Waals surface area contributed by atoms with Crippen LogP contribution >= 0.6 is 0 Å². The van der Waals surface area contributed by atoms with Gasteiger partial charge in [-0.3, -0.25) is 5.10 Å². The van der Waals surface area contributed by atoms with Crippen LogP contribution in [0.3, 0.4) is 0 Å². The summed E-state index contributed by atoms with van der Waals surface area (Å²) in [5.41, 5.74) is 0.688. The van der Waals surface area contributed by atoms with Gasteiger partial charge < -0.3 is 10.2 Å². The lowest BCUT2D eigenvalue weighted by Gasteiger charge is -2.24. The van der Waals surface area contributed by atoms with Gasteiger partial charge in [0.05, 0.1) is 6.20 Å². The predicted octanol–water partition coefficient (Wildman–Crippen LogP) is -0.222. The standard InChI is InChI=1S/C11H16N8/c1-2-7-5-19(6-9(7)12-3-1)11-14-10(16-17-11)8-4-13-18-15-8/h4,7,9,12H,1-3,5-6H2,(H,13,15,18)(H,14,16,17). The quantitative estimate of drug-likeness (QED) is 0.690. The Kier molecular flexibility index (Phi) is 2.47. The number of aromatic amines is 2. The van der Waals surface area contributed by atoms with Crippen LogP contribution in [0, 0.1) is 5.92 Å². The molecule has 2 aliphatic rings. The third kappa shape index (κ3) is 1.88. The maximum Gasteiger partial charge on any atom is 0.245 e. The van der Waals surface area contributed by atoms with Crippen molar-refractivity contribution in [2.45, 2.75) is 18.9 Å². The van der Waals surface area contributed by atoms with E-state index in [1.807, 2.05) is 0 Å². The monoisotopic (exact) mass is 260 g/mol. The van der Waals surface area contributed by atoms with Gasteiger partial charge >= 0.3 is 0 Å². The van der Waals surface area contributed by atoms with Crippen LogP contribution in [0.2, 0.25) is 0 Å². The molecular formula is C11H16N8. The molecule has 4 heterocycles. The van der Waals surface area contributed by atoms with Gasteiger partial charge in [-0.05, 0) is 25.3 Å². The largest absolute Gasteiger partial charge is 0.338 e. The molecule has 2 aliphatic heterocycles. The van der Waals surface area contributed by atoms with E-state index in [9.17, 15) is 0 Å². The van der Waals surface area contributed by atoms with Gasteiger partial charge in [0.1, 0.15) is 5.69 Å². The summed E-state index contributed by atoms with van der Waals surface area (Å²) >= 11 is 0. The highest BCUT2D eigenvalue weighted by molar-refractivity contribution is 5.49. The van der Waals surface area contributed by atoms with Gasteiger partial charge in [-0.2, -0.15) is 20.4 Å². The lowest BCUT2D eigenvalue weighted by molar-refractivity contribution is 0.340. The first-order valence-electron chi connectivity index (χ1n) is 6.67. The van der Waals surface area contributed by atoms with Gasteiger partial charge in [-0.1, -0.05) is 0 Å². The number of aromatic nitrogens is 6. The zero-order chi connectivity index (χ0) is 12.7. The van der Waals surface area contributed by atoms with Crippen LogP contribution in [0.5, 0.6) is 0 Å². The average Bonchev–Trinajstić information content (AvgIpc) is 3.17. The Morgan fingerprint density at radius 3 is 3.11 bits per heavy atom. The van der Waals surface area contributed by atoms with Gasteiger partial charge in [-0.25, -0.2) is 0 Å². The smallest absolute Gasteiger partial charge is 0.245 e. The third-order valence-corrected chi connectivity index (χ3v) is 4.01. The molecule has 0 saturated carbocycles. The molecule has 2 atom stereocenters. The van der Waals surface area contributed by atoms with Crippen molar-refractivity contribution in [1.82, 2.24) is 35.9 Å². The number of rotatable bonds is 2. The molecule has 2 unspecified atom stereocenters. The van der Waals surface area contributed by atoms with Gasteiger partial charge in [-0.15, -0.1) is 5.10 Å². The summed E-state index contributed by atoms with van der Waals surface area (Å²) in [6.45, 7) is 3.15. The molecule has 0 spiro atoms. The number of hydrogen-bond donors (Lipinski definition) is 3. The molecule has 0 radical (unpaired) electrons. The number of hydrogen-bond acceptors (Lipinski definition) is 6. The van der Waals surface area contributed by atoms with Gasteiger partial charge in [0.2, 0.25) is 5.95 Å². The van der Waals surface area contributed by atoms with Crippen LogP contribution in [0.4, 0.5) is 5.95 Å². The first kappa shape index (κ1) is 10.9. The summed E-state index contributed by atoms with van der Waals surface area (Å²) in [5, 5.41) is 21.1. The van der Waals surface area contributed by atoms with Crippen molar-refractivity contribution in [3.8, 4) is 11.5 Å². The number of piperidine rings is 1. The molecule has 2 aromatic rings. The molecule has 0 amide bonds. The van der Waals surface area contributed by atoms with Crippen molar-refractivity contribution in [2.75, 3.05) is 24.5 Å². The summed E-state index contributed by atoms with van der Waals surface area (Å²) in [5.74, 6) is 2.14. The van der Waals surface area contributed by atoms with E-state index in [1.165, 1.54) is 12.8 Å². The Balaban J connectivity index is 1.54. The predicted molar refractivity (Wildman–Crippen MR) is 68.5 cm³/mol. The van der Waals surface area contributed by atoms with E-state index in [2.05, 4.69) is 40.8 Å². The fraction of sp³-hybridized carbons (Fsp3) is 0.636. The molecule has 2 aromatic heterocycles. The fourth-order valence-corrected chi connectivity index (χ4v) is 3.03. The minimum absolute atomic E-state index is 0.586. The Bertz CT molecular complexity index is 533. The second-order valence-electron chi connectivity index (χ2n) is 5.21. The highest BCUT2D eigenvalue weighted by Crippen LogP contribution is 2.27. The Labute approximate surface area is 110 Å². The summed E-state index contributed by atoms with van der Waals surface area (Å²) < 4.78 is 0. The lowest BCUT2D eigenvalue weighted by atomic mass is 9.94. The van der Waals surface area contributed by atoms with Crippen molar-refractivity contribution in [3.63, 3.8) is 0 Å². The SMILES string of the molecule is c1n[nH]nc1-c1nc(N2CC3CCCNC3C2)n[nH]1. The molecule has 2 saturated heterocycles. The molecule has 2 fully saturated rings. The maximum absolute atomic E-state index is 4.50. The summed E-state index contributed by atoms with van der Waals surface area (Å²) in [6, 6.07) is 0.586. The number of nitrogens with zero attached hydrogens (tertiary/aromatic N) is 5. The first-order chi connectivity index (χ1) is 9.40. The van der Waals surface area contributed by atoms with Crippen molar-refractivity contribution >= 4 is 5.95 Å². The van der Waals surface area contributed by atoms with E-state index >= 15 is 0 Å². The lowest BCUT2D eigenvalue weighted by Crippen LogP contribution is -2.40. The minimum atomic E-state index is 0.586. The zero-order valence-electron chi connectivity index (χ0n) is 10.5. The molecule has 0 aromatic carbocycles. The zero-order valence-corrected chi connectivity index (χ0v) is 10.5. The Morgan fingerprint density at radius 2 is 2.26 bits per heavy atom. The molecule has 8 nitrogen and oxygen atoms in total. The van der Waals surface area contributed by atoms with Crippen LogP contribution in [-0.4, -0.2) is 56.3 Å². The first-order valence-corrected chi connectivity index (χ1v) is 6.67. The Hall–Kier alpha value is -1.96. The highest BCUT2D eigenvalue weighted by atomic mass is 15.4. The number of anilines is 1. The minimum Gasteiger partial charge on any atom is -0.338 e. The second kappa shape index (κ2) is 4.30. The van der Waals surface area contributed by atoms with Gasteiger partial charge in [0.15, 0.2) is 5.82 Å². The summed E-state index contributed by atoms with van der Waals surface area (Å²) in [7, 11) is 0. The number of fused-ring (bicyclic) bond motifs is 1. The normalized spacial score (nSPS) is 26.6. The van der Waals surface area contributed by atoms with E-state index in [0.29, 0.717) is 17.6 Å². The van der Waals surface area contributed by atoms with Crippen molar-refractivity contribution < 1.29 is 0 Å². The van der Waals surface area contributed by atoms with E-state index in [4.69, 9.17) is 0 Å².